The van der Waals surface area contributed by atoms with Crippen LogP contribution in [0.3, 0.4) is 0 Å². The molecular weight excluding hydrogens is 343 g/mol. The zero-order valence-corrected chi connectivity index (χ0v) is 13.3. The number of carboxylic acids is 1. The minimum absolute atomic E-state index is 0.0735. The third kappa shape index (κ3) is 1.90. The minimum atomic E-state index is -1.03. The number of halogens is 2. The third-order valence-corrected chi connectivity index (χ3v) is 5.15. The summed E-state index contributed by atoms with van der Waals surface area (Å²) in [6.07, 6.45) is 0.584. The summed E-state index contributed by atoms with van der Waals surface area (Å²) in [5, 5.41) is 16.6. The number of thiophene rings is 1. The SMILES string of the molecule is O=C(O)c1nn(-c2ccc(Cl)cc2Cl)c2c1Cc1ccsc1-2. The van der Waals surface area contributed by atoms with Crippen LogP contribution in [0.1, 0.15) is 21.6 Å². The molecule has 0 spiro atoms. The quantitative estimate of drug-likeness (QED) is 0.578. The van der Waals surface area contributed by atoms with E-state index < -0.39 is 5.97 Å². The number of aromatic nitrogens is 2. The lowest BCUT2D eigenvalue weighted by Gasteiger charge is -2.08. The Balaban J connectivity index is 2.02. The Bertz CT molecular complexity index is 930. The van der Waals surface area contributed by atoms with Gasteiger partial charge in [-0.05, 0) is 35.2 Å². The van der Waals surface area contributed by atoms with E-state index >= 15 is 0 Å². The second-order valence-corrected chi connectivity index (χ2v) is 6.70. The molecule has 1 aliphatic carbocycles. The first kappa shape index (κ1) is 13.8. The van der Waals surface area contributed by atoms with Crippen molar-refractivity contribution in [3.8, 4) is 16.3 Å². The fraction of sp³-hybridized carbons (Fsp3) is 0.0667. The molecule has 0 unspecified atom stereocenters. The molecule has 1 N–H and O–H groups in total. The van der Waals surface area contributed by atoms with Gasteiger partial charge in [-0.3, -0.25) is 0 Å². The summed E-state index contributed by atoms with van der Waals surface area (Å²) < 4.78 is 1.61. The van der Waals surface area contributed by atoms with Gasteiger partial charge in [-0.15, -0.1) is 11.3 Å². The molecular formula is C15H8Cl2N2O2S. The summed E-state index contributed by atoms with van der Waals surface area (Å²) in [6.45, 7) is 0. The Morgan fingerprint density at radius 1 is 1.32 bits per heavy atom. The molecule has 2 aromatic heterocycles. The van der Waals surface area contributed by atoms with E-state index in [9.17, 15) is 9.90 Å². The summed E-state index contributed by atoms with van der Waals surface area (Å²) in [5.74, 6) is -1.03. The van der Waals surface area contributed by atoms with Gasteiger partial charge in [-0.1, -0.05) is 23.2 Å². The minimum Gasteiger partial charge on any atom is -0.476 e. The van der Waals surface area contributed by atoms with Crippen LogP contribution in [0.2, 0.25) is 10.0 Å². The molecule has 0 amide bonds. The summed E-state index contributed by atoms with van der Waals surface area (Å²) in [7, 11) is 0. The predicted octanol–water partition coefficient (Wildman–Crippen LogP) is 4.51. The Morgan fingerprint density at radius 3 is 2.86 bits per heavy atom. The molecule has 110 valence electrons. The van der Waals surface area contributed by atoms with Gasteiger partial charge in [-0.2, -0.15) is 5.10 Å². The maximum atomic E-state index is 11.5. The van der Waals surface area contributed by atoms with Gasteiger partial charge in [0.25, 0.3) is 0 Å². The molecule has 1 aliphatic rings. The summed E-state index contributed by atoms with van der Waals surface area (Å²) in [4.78, 5) is 12.5. The van der Waals surface area contributed by atoms with Gasteiger partial charge in [0, 0.05) is 17.0 Å². The molecule has 0 aliphatic heterocycles. The molecule has 0 atom stereocenters. The van der Waals surface area contributed by atoms with Gasteiger partial charge in [-0.25, -0.2) is 9.48 Å². The smallest absolute Gasteiger partial charge is 0.356 e. The third-order valence-electron chi connectivity index (χ3n) is 3.65. The van der Waals surface area contributed by atoms with E-state index in [0.29, 0.717) is 22.2 Å². The largest absolute Gasteiger partial charge is 0.476 e. The molecule has 22 heavy (non-hydrogen) atoms. The predicted molar refractivity (Wildman–Crippen MR) is 86.7 cm³/mol. The number of hydrogen-bond donors (Lipinski definition) is 1. The van der Waals surface area contributed by atoms with Crippen LogP contribution < -0.4 is 0 Å². The lowest BCUT2D eigenvalue weighted by atomic mass is 10.1. The molecule has 0 radical (unpaired) electrons. The zero-order chi connectivity index (χ0) is 15.4. The standard InChI is InChI=1S/C15H8Cl2N2O2S/c16-8-1-2-11(10(17)6-8)19-13-9(12(18-19)15(20)21)5-7-3-4-22-14(7)13/h1-4,6H,5H2,(H,20,21). The molecule has 4 nitrogen and oxygen atoms in total. The highest BCUT2D eigenvalue weighted by Crippen LogP contribution is 2.43. The summed E-state index contributed by atoms with van der Waals surface area (Å²) in [6, 6.07) is 7.09. The van der Waals surface area contributed by atoms with Gasteiger partial charge < -0.3 is 5.11 Å². The van der Waals surface area contributed by atoms with E-state index in [1.807, 2.05) is 11.4 Å². The first-order chi connectivity index (χ1) is 10.6. The van der Waals surface area contributed by atoms with Gasteiger partial charge in [0.15, 0.2) is 5.69 Å². The van der Waals surface area contributed by atoms with Crippen LogP contribution in [0.5, 0.6) is 0 Å². The van der Waals surface area contributed by atoms with Crippen molar-refractivity contribution < 1.29 is 9.90 Å². The number of carbonyl (C=O) groups is 1. The highest BCUT2D eigenvalue weighted by atomic mass is 35.5. The second kappa shape index (κ2) is 4.84. The van der Waals surface area contributed by atoms with Gasteiger partial charge in [0.2, 0.25) is 0 Å². The highest BCUT2D eigenvalue weighted by Gasteiger charge is 2.32. The molecule has 0 saturated carbocycles. The van der Waals surface area contributed by atoms with Crippen molar-refractivity contribution in [2.24, 2.45) is 0 Å². The van der Waals surface area contributed by atoms with Gasteiger partial charge >= 0.3 is 5.97 Å². The topological polar surface area (TPSA) is 55.1 Å². The maximum Gasteiger partial charge on any atom is 0.356 e. The van der Waals surface area contributed by atoms with Crippen molar-refractivity contribution in [2.75, 3.05) is 0 Å². The van der Waals surface area contributed by atoms with Crippen molar-refractivity contribution in [1.29, 1.82) is 0 Å². The first-order valence-corrected chi connectivity index (χ1v) is 8.07. The van der Waals surface area contributed by atoms with Crippen molar-refractivity contribution in [3.63, 3.8) is 0 Å². The number of fused-ring (bicyclic) bond motifs is 3. The molecule has 0 saturated heterocycles. The van der Waals surface area contributed by atoms with Crippen LogP contribution in [-0.2, 0) is 6.42 Å². The van der Waals surface area contributed by atoms with E-state index in [1.54, 1.807) is 34.2 Å². The molecule has 0 bridgehead atoms. The fourth-order valence-electron chi connectivity index (χ4n) is 2.72. The van der Waals surface area contributed by atoms with Crippen molar-refractivity contribution in [1.82, 2.24) is 9.78 Å². The van der Waals surface area contributed by atoms with Crippen molar-refractivity contribution in [3.05, 3.63) is 56.5 Å². The lowest BCUT2D eigenvalue weighted by Crippen LogP contribution is -2.04. The van der Waals surface area contributed by atoms with E-state index in [4.69, 9.17) is 23.2 Å². The van der Waals surface area contributed by atoms with Crippen LogP contribution in [-0.4, -0.2) is 20.9 Å². The van der Waals surface area contributed by atoms with Crippen LogP contribution in [0.4, 0.5) is 0 Å². The molecule has 0 fully saturated rings. The normalized spacial score (nSPS) is 12.3. The zero-order valence-electron chi connectivity index (χ0n) is 11.0. The highest BCUT2D eigenvalue weighted by molar-refractivity contribution is 7.13. The van der Waals surface area contributed by atoms with E-state index in [1.165, 1.54) is 0 Å². The number of benzene rings is 1. The van der Waals surface area contributed by atoms with Crippen molar-refractivity contribution in [2.45, 2.75) is 6.42 Å². The second-order valence-electron chi connectivity index (χ2n) is 4.94. The van der Waals surface area contributed by atoms with E-state index in [0.717, 1.165) is 21.7 Å². The number of nitrogens with zero attached hydrogens (tertiary/aromatic N) is 2. The maximum absolute atomic E-state index is 11.5. The Morgan fingerprint density at radius 2 is 2.14 bits per heavy atom. The van der Waals surface area contributed by atoms with E-state index in [-0.39, 0.29) is 5.69 Å². The Kier molecular flexibility index (Phi) is 3.04. The number of hydrogen-bond acceptors (Lipinski definition) is 3. The molecule has 1 aromatic carbocycles. The van der Waals surface area contributed by atoms with Crippen LogP contribution in [0, 0.1) is 0 Å². The monoisotopic (exact) mass is 350 g/mol. The number of aromatic carboxylic acids is 1. The number of carboxylic acid groups (broad SMARTS) is 1. The summed E-state index contributed by atoms with van der Waals surface area (Å²) in [5.41, 5.74) is 3.37. The molecule has 3 aromatic rings. The molecule has 7 heteroatoms. The lowest BCUT2D eigenvalue weighted by molar-refractivity contribution is 0.0689. The van der Waals surface area contributed by atoms with E-state index in [2.05, 4.69) is 5.10 Å². The van der Waals surface area contributed by atoms with Crippen LogP contribution >= 0.6 is 34.5 Å². The van der Waals surface area contributed by atoms with Crippen LogP contribution in [0.15, 0.2) is 29.6 Å². The number of rotatable bonds is 2. The van der Waals surface area contributed by atoms with Crippen LogP contribution in [0.25, 0.3) is 16.3 Å². The first-order valence-electron chi connectivity index (χ1n) is 6.43. The average molecular weight is 351 g/mol. The Labute approximate surface area is 139 Å². The molecule has 2 heterocycles. The van der Waals surface area contributed by atoms with Gasteiger partial charge in [0.05, 0.1) is 21.3 Å². The average Bonchev–Trinajstić information content (AvgIpc) is 3.09. The van der Waals surface area contributed by atoms with Crippen molar-refractivity contribution >= 4 is 40.5 Å². The van der Waals surface area contributed by atoms with Gasteiger partial charge in [0.1, 0.15) is 0 Å². The molecule has 4 rings (SSSR count). The Hall–Kier alpha value is -1.82. The fourth-order valence-corrected chi connectivity index (χ4v) is 4.19. The summed E-state index contributed by atoms with van der Waals surface area (Å²) >= 11 is 13.8.